The van der Waals surface area contributed by atoms with E-state index in [0.717, 1.165) is 73.7 Å². The van der Waals surface area contributed by atoms with E-state index >= 15 is 0 Å². The number of hydrogen-bond donors (Lipinski definition) is 0. The molecule has 8 aromatic rings. The molecule has 0 bridgehead atoms. The van der Waals surface area contributed by atoms with Crippen LogP contribution in [-0.4, -0.2) is 0 Å². The molecule has 0 aliphatic heterocycles. The fourth-order valence-corrected chi connectivity index (χ4v) is 7.20. The highest BCUT2D eigenvalue weighted by Crippen LogP contribution is 2.47. The van der Waals surface area contributed by atoms with Gasteiger partial charge in [0.2, 0.25) is 0 Å². The molecule has 2 nitrogen and oxygen atoms in total. The van der Waals surface area contributed by atoms with Crippen molar-refractivity contribution < 1.29 is 4.42 Å². The molecule has 0 fully saturated rings. The summed E-state index contributed by atoms with van der Waals surface area (Å²) < 4.78 is 6.60. The largest absolute Gasteiger partial charge is 0.455 e. The van der Waals surface area contributed by atoms with Crippen molar-refractivity contribution in [1.29, 1.82) is 0 Å². The highest BCUT2D eigenvalue weighted by Gasteiger charge is 2.22. The van der Waals surface area contributed by atoms with Gasteiger partial charge in [0, 0.05) is 33.1 Å². The second-order valence-electron chi connectivity index (χ2n) is 12.4. The molecule has 228 valence electrons. The minimum Gasteiger partial charge on any atom is -0.455 e. The molecule has 0 radical (unpaired) electrons. The normalized spacial score (nSPS) is 12.9. The van der Waals surface area contributed by atoms with Crippen LogP contribution in [0.15, 0.2) is 180 Å². The number of benzene rings is 7. The Morgan fingerprint density at radius 2 is 1.17 bits per heavy atom. The maximum Gasteiger partial charge on any atom is 0.143 e. The minimum atomic E-state index is 0.901. The molecule has 0 spiro atoms. The molecule has 0 saturated carbocycles. The summed E-state index contributed by atoms with van der Waals surface area (Å²) in [6.45, 7) is 0. The summed E-state index contributed by atoms with van der Waals surface area (Å²) in [7, 11) is 0. The second-order valence-corrected chi connectivity index (χ2v) is 12.4. The van der Waals surface area contributed by atoms with E-state index in [0.29, 0.717) is 0 Å². The minimum absolute atomic E-state index is 0.901. The molecule has 0 unspecified atom stereocenters. The van der Waals surface area contributed by atoms with Gasteiger partial charge < -0.3 is 9.32 Å². The van der Waals surface area contributed by atoms with E-state index in [1.54, 1.807) is 0 Å². The van der Waals surface area contributed by atoms with Crippen molar-refractivity contribution in [3.63, 3.8) is 0 Å². The SMILES string of the molecule is C1=CCCC(c2ccc(N(c3ccc(-c4ccccc4)cc3)c3ccccc3-c3cc4ccccc4c4oc5ccccc5c34)cc2)=C1. The van der Waals surface area contributed by atoms with Crippen molar-refractivity contribution in [2.75, 3.05) is 4.90 Å². The summed E-state index contributed by atoms with van der Waals surface area (Å²) in [6, 6.07) is 56.6. The number of hydrogen-bond acceptors (Lipinski definition) is 2. The lowest BCUT2D eigenvalue weighted by atomic mass is 9.93. The van der Waals surface area contributed by atoms with Gasteiger partial charge in [-0.25, -0.2) is 0 Å². The third-order valence-corrected chi connectivity index (χ3v) is 9.55. The van der Waals surface area contributed by atoms with E-state index in [1.807, 2.05) is 6.07 Å². The number of furan rings is 1. The highest BCUT2D eigenvalue weighted by molar-refractivity contribution is 6.22. The van der Waals surface area contributed by atoms with Gasteiger partial charge in [0.05, 0.1) is 5.69 Å². The van der Waals surface area contributed by atoms with E-state index in [1.165, 1.54) is 22.3 Å². The van der Waals surface area contributed by atoms with Crippen molar-refractivity contribution in [3.05, 3.63) is 182 Å². The maximum atomic E-state index is 6.60. The topological polar surface area (TPSA) is 16.4 Å². The highest BCUT2D eigenvalue weighted by atomic mass is 16.3. The zero-order chi connectivity index (χ0) is 31.9. The average molecular weight is 616 g/mol. The van der Waals surface area contributed by atoms with Crippen LogP contribution in [0.25, 0.3) is 60.5 Å². The Bertz CT molecular complexity index is 2480. The standard InChI is InChI=1S/C46H33NO/c1-3-13-32(14-4-1)34-23-27-37(28-24-34)47(38-29-25-35(26-30-38)33-15-5-2-6-16-33)43-21-11-9-19-40(43)42-31-36-17-7-8-18-39(36)46-45(42)41-20-10-12-22-44(41)48-46/h1-5,7-15,17-31H,6,16H2. The molecule has 1 aromatic heterocycles. The summed E-state index contributed by atoms with van der Waals surface area (Å²) in [6.07, 6.45) is 8.81. The number of rotatable bonds is 6. The molecule has 1 aliphatic carbocycles. The maximum absolute atomic E-state index is 6.60. The molecule has 0 amide bonds. The first-order valence-electron chi connectivity index (χ1n) is 16.7. The fourth-order valence-electron chi connectivity index (χ4n) is 7.20. The summed E-state index contributed by atoms with van der Waals surface area (Å²) in [5, 5.41) is 4.55. The van der Waals surface area contributed by atoms with Gasteiger partial charge in [-0.3, -0.25) is 0 Å². The van der Waals surface area contributed by atoms with Crippen molar-refractivity contribution in [2.24, 2.45) is 0 Å². The predicted molar refractivity (Wildman–Crippen MR) is 203 cm³/mol. The second kappa shape index (κ2) is 11.9. The molecule has 0 saturated heterocycles. The average Bonchev–Trinajstić information content (AvgIpc) is 3.56. The Morgan fingerprint density at radius 1 is 0.521 bits per heavy atom. The van der Waals surface area contributed by atoms with Gasteiger partial charge in [-0.15, -0.1) is 0 Å². The molecule has 2 heteroatoms. The molecule has 0 N–H and O–H groups in total. The van der Waals surface area contributed by atoms with Crippen LogP contribution in [-0.2, 0) is 0 Å². The summed E-state index contributed by atoms with van der Waals surface area (Å²) in [5.74, 6) is 0. The van der Waals surface area contributed by atoms with E-state index in [4.69, 9.17) is 4.42 Å². The van der Waals surface area contributed by atoms with Crippen LogP contribution in [0, 0.1) is 0 Å². The zero-order valence-corrected chi connectivity index (χ0v) is 26.5. The van der Waals surface area contributed by atoms with Crippen LogP contribution in [0.4, 0.5) is 17.1 Å². The molecular weight excluding hydrogens is 583 g/mol. The quantitative estimate of drug-likeness (QED) is 0.185. The van der Waals surface area contributed by atoms with Crippen LogP contribution in [0.5, 0.6) is 0 Å². The molecule has 1 aliphatic rings. The molecule has 0 atom stereocenters. The van der Waals surface area contributed by atoms with Crippen LogP contribution in [0.1, 0.15) is 18.4 Å². The third-order valence-electron chi connectivity index (χ3n) is 9.55. The number of allylic oxidation sites excluding steroid dienone is 4. The number of fused-ring (bicyclic) bond motifs is 5. The third kappa shape index (κ3) is 4.90. The smallest absolute Gasteiger partial charge is 0.143 e. The van der Waals surface area contributed by atoms with E-state index in [9.17, 15) is 0 Å². The van der Waals surface area contributed by atoms with E-state index in [2.05, 4.69) is 175 Å². The van der Waals surface area contributed by atoms with Gasteiger partial charge in [-0.2, -0.15) is 0 Å². The predicted octanol–water partition coefficient (Wildman–Crippen LogP) is 13.3. The first-order chi connectivity index (χ1) is 23.8. The molecular formula is C46H33NO. The van der Waals surface area contributed by atoms with Crippen molar-refractivity contribution in [3.8, 4) is 22.3 Å². The first-order valence-corrected chi connectivity index (χ1v) is 16.7. The van der Waals surface area contributed by atoms with Crippen LogP contribution < -0.4 is 4.90 Å². The molecule has 7 aromatic carbocycles. The number of para-hydroxylation sites is 2. The lowest BCUT2D eigenvalue weighted by Crippen LogP contribution is -2.11. The Hall–Kier alpha value is -6.12. The Morgan fingerprint density at radius 3 is 1.94 bits per heavy atom. The number of nitrogens with zero attached hydrogens (tertiary/aromatic N) is 1. The summed E-state index contributed by atoms with van der Waals surface area (Å²) in [5.41, 5.74) is 12.5. The van der Waals surface area contributed by atoms with Crippen LogP contribution in [0.2, 0.25) is 0 Å². The van der Waals surface area contributed by atoms with E-state index in [-0.39, 0.29) is 0 Å². The Kier molecular flexibility index (Phi) is 6.98. The number of anilines is 3. The van der Waals surface area contributed by atoms with E-state index < -0.39 is 0 Å². The van der Waals surface area contributed by atoms with Crippen molar-refractivity contribution in [2.45, 2.75) is 12.8 Å². The van der Waals surface area contributed by atoms with Gasteiger partial charge in [0.15, 0.2) is 0 Å². The lowest BCUT2D eigenvalue weighted by Gasteiger charge is -2.28. The van der Waals surface area contributed by atoms with Gasteiger partial charge >= 0.3 is 0 Å². The molecule has 48 heavy (non-hydrogen) atoms. The van der Waals surface area contributed by atoms with Crippen LogP contribution >= 0.6 is 0 Å². The van der Waals surface area contributed by atoms with Gasteiger partial charge in [-0.05, 0) is 88.5 Å². The monoisotopic (exact) mass is 615 g/mol. The van der Waals surface area contributed by atoms with Crippen molar-refractivity contribution >= 4 is 55.3 Å². The Balaban J connectivity index is 1.26. The van der Waals surface area contributed by atoms with Gasteiger partial charge in [0.1, 0.15) is 11.2 Å². The van der Waals surface area contributed by atoms with Crippen molar-refractivity contribution in [1.82, 2.24) is 0 Å². The Labute approximate surface area is 280 Å². The summed E-state index contributed by atoms with van der Waals surface area (Å²) >= 11 is 0. The van der Waals surface area contributed by atoms with Gasteiger partial charge in [-0.1, -0.05) is 133 Å². The summed E-state index contributed by atoms with van der Waals surface area (Å²) in [4.78, 5) is 2.40. The molecule has 9 rings (SSSR count). The zero-order valence-electron chi connectivity index (χ0n) is 26.5. The van der Waals surface area contributed by atoms with Gasteiger partial charge in [0.25, 0.3) is 0 Å². The molecule has 1 heterocycles. The lowest BCUT2D eigenvalue weighted by molar-refractivity contribution is 0.673. The van der Waals surface area contributed by atoms with Crippen LogP contribution in [0.3, 0.4) is 0 Å². The fraction of sp³-hybridized carbons (Fsp3) is 0.0435. The first kappa shape index (κ1) is 28.1.